The zero-order valence-corrected chi connectivity index (χ0v) is 49.0. The number of likely N-dealkylation sites (N-methyl/N-ethyl adjacent to an activating group) is 2. The highest BCUT2D eigenvalue weighted by Crippen LogP contribution is 2.33. The number of carbonyl (C=O) groups is 6. The molecule has 2 aliphatic heterocycles. The van der Waals surface area contributed by atoms with Gasteiger partial charge in [-0.2, -0.15) is 0 Å². The number of aryl methyl sites for hydroxylation is 2. The Kier molecular flexibility index (Phi) is 19.4. The van der Waals surface area contributed by atoms with Crippen molar-refractivity contribution in [2.24, 2.45) is 10.8 Å². The molecule has 2 fully saturated rings. The molecule has 2 heterocycles. The molecule has 430 valence electrons. The molecule has 0 aromatic heterocycles. The Balaban J connectivity index is 0.944. The highest BCUT2D eigenvalue weighted by atomic mass is 16.2. The van der Waals surface area contributed by atoms with Crippen LogP contribution in [0, 0.1) is 10.8 Å². The third-order valence-electron chi connectivity index (χ3n) is 17.0. The van der Waals surface area contributed by atoms with Gasteiger partial charge in [0.1, 0.15) is 24.2 Å². The number of nitrogens with one attached hydrogen (secondary N) is 6. The standard InChI is InChI=1S/C64H88N10O6/c1-41(65-9)57(75)69-55(63(3,4)5)61(79)73-35-33-71(39-53(73)59(77)67-51-23-15-19-47-17-11-13-21-49(47)51)37-43-25-29-45(30-26-43)46-31-27-44(28-32-46)38-72-34-36-74(62(80)56(64(6,7)8)70-58(76)42(2)66-10)54(40-72)60(78)68-52-24-16-20-48-18-12-14-22-50(48)52/h11-14,17-18,21-22,25-32,41-42,51-56,65-66H,15-16,19-20,23-24,33-40H2,1-10H3,(H,67,77)(H,68,78)(H,69,75)(H,70,76)/t41-,42-,51+,52+,53-,54-,55+,56+/m0/s1. The molecule has 6 amide bonds. The molecule has 8 atom stereocenters. The molecule has 8 rings (SSSR count). The minimum atomic E-state index is -0.838. The summed E-state index contributed by atoms with van der Waals surface area (Å²) in [6.07, 6.45) is 5.51. The Morgan fingerprint density at radius 1 is 0.512 bits per heavy atom. The fourth-order valence-electron chi connectivity index (χ4n) is 11.8. The molecule has 2 saturated heterocycles. The van der Waals surface area contributed by atoms with Gasteiger partial charge in [0.15, 0.2) is 0 Å². The average Bonchev–Trinajstić information content (AvgIpc) is 3.47. The first kappa shape index (κ1) is 59.7. The number of benzene rings is 4. The second-order valence-electron chi connectivity index (χ2n) is 24.9. The normalized spacial score (nSPS) is 21.4. The van der Waals surface area contributed by atoms with Crippen LogP contribution in [0.1, 0.15) is 127 Å². The molecule has 16 nitrogen and oxygen atoms in total. The molecule has 2 aliphatic carbocycles. The zero-order valence-electron chi connectivity index (χ0n) is 49.0. The summed E-state index contributed by atoms with van der Waals surface area (Å²) in [5.74, 6) is -1.45. The van der Waals surface area contributed by atoms with Crippen LogP contribution in [-0.4, -0.2) is 145 Å². The first-order chi connectivity index (χ1) is 38.1. The molecule has 4 aromatic carbocycles. The van der Waals surface area contributed by atoms with Crippen molar-refractivity contribution in [2.45, 2.75) is 155 Å². The monoisotopic (exact) mass is 1090 g/mol. The Labute approximate surface area is 474 Å². The summed E-state index contributed by atoms with van der Waals surface area (Å²) in [6.45, 7) is 18.8. The van der Waals surface area contributed by atoms with Crippen LogP contribution in [0.5, 0.6) is 0 Å². The molecule has 16 heteroatoms. The van der Waals surface area contributed by atoms with E-state index in [1.54, 1.807) is 37.7 Å². The fraction of sp³-hybridized carbons (Fsp3) is 0.531. The molecular weight excluding hydrogens is 1000 g/mol. The molecular formula is C64H88N10O6. The van der Waals surface area contributed by atoms with Crippen molar-refractivity contribution in [3.63, 3.8) is 0 Å². The molecule has 0 unspecified atom stereocenters. The Hall–Kier alpha value is -6.46. The average molecular weight is 1090 g/mol. The van der Waals surface area contributed by atoms with E-state index in [1.807, 2.05) is 65.8 Å². The Bertz CT molecular complexity index is 2630. The molecule has 0 radical (unpaired) electrons. The molecule has 4 aliphatic rings. The van der Waals surface area contributed by atoms with Gasteiger partial charge in [0, 0.05) is 52.4 Å². The lowest BCUT2D eigenvalue weighted by Crippen LogP contribution is -2.65. The van der Waals surface area contributed by atoms with Gasteiger partial charge < -0.3 is 41.7 Å². The lowest BCUT2D eigenvalue weighted by molar-refractivity contribution is -0.149. The number of hydrogen-bond acceptors (Lipinski definition) is 10. The van der Waals surface area contributed by atoms with Crippen molar-refractivity contribution in [3.05, 3.63) is 130 Å². The predicted octanol–water partition coefficient (Wildman–Crippen LogP) is 6.04. The van der Waals surface area contributed by atoms with E-state index < -0.39 is 47.1 Å². The van der Waals surface area contributed by atoms with Gasteiger partial charge in [0.05, 0.1) is 24.2 Å². The highest BCUT2D eigenvalue weighted by Gasteiger charge is 2.45. The minimum absolute atomic E-state index is 0.151. The summed E-state index contributed by atoms with van der Waals surface area (Å²) in [7, 11) is 3.42. The van der Waals surface area contributed by atoms with Crippen LogP contribution in [0.25, 0.3) is 11.1 Å². The van der Waals surface area contributed by atoms with Crippen molar-refractivity contribution in [1.29, 1.82) is 0 Å². The summed E-state index contributed by atoms with van der Waals surface area (Å²) < 4.78 is 0. The molecule has 0 bridgehead atoms. The summed E-state index contributed by atoms with van der Waals surface area (Å²) in [5, 5.41) is 18.7. The number of carbonyl (C=O) groups excluding carboxylic acids is 6. The third kappa shape index (κ3) is 14.3. The lowest BCUT2D eigenvalue weighted by Gasteiger charge is -2.44. The minimum Gasteiger partial charge on any atom is -0.347 e. The van der Waals surface area contributed by atoms with E-state index >= 15 is 0 Å². The van der Waals surface area contributed by atoms with Crippen molar-refractivity contribution < 1.29 is 28.8 Å². The Morgan fingerprint density at radius 2 is 0.875 bits per heavy atom. The van der Waals surface area contributed by atoms with Gasteiger partial charge in [-0.05, 0) is 122 Å². The first-order valence-corrected chi connectivity index (χ1v) is 29.1. The summed E-state index contributed by atoms with van der Waals surface area (Å²) >= 11 is 0. The second kappa shape index (κ2) is 26.0. The van der Waals surface area contributed by atoms with Gasteiger partial charge >= 0.3 is 0 Å². The van der Waals surface area contributed by atoms with Gasteiger partial charge in [-0.15, -0.1) is 0 Å². The van der Waals surface area contributed by atoms with E-state index in [4.69, 9.17) is 0 Å². The summed E-state index contributed by atoms with van der Waals surface area (Å²) in [4.78, 5) is 92.8. The Morgan fingerprint density at radius 3 is 1.23 bits per heavy atom. The second-order valence-corrected chi connectivity index (χ2v) is 24.9. The number of rotatable bonds is 17. The zero-order chi connectivity index (χ0) is 57.5. The number of nitrogens with zero attached hydrogens (tertiary/aromatic N) is 4. The van der Waals surface area contributed by atoms with Gasteiger partial charge in [-0.25, -0.2) is 0 Å². The van der Waals surface area contributed by atoms with Crippen molar-refractivity contribution >= 4 is 35.4 Å². The molecule has 4 aromatic rings. The largest absolute Gasteiger partial charge is 0.347 e. The van der Waals surface area contributed by atoms with E-state index in [1.165, 1.54) is 11.1 Å². The maximum Gasteiger partial charge on any atom is 0.246 e. The predicted molar refractivity (Wildman–Crippen MR) is 314 cm³/mol. The van der Waals surface area contributed by atoms with Crippen LogP contribution in [0.3, 0.4) is 0 Å². The van der Waals surface area contributed by atoms with E-state index in [2.05, 4.69) is 114 Å². The molecule has 80 heavy (non-hydrogen) atoms. The van der Waals surface area contributed by atoms with Crippen LogP contribution < -0.4 is 31.9 Å². The smallest absolute Gasteiger partial charge is 0.246 e. The van der Waals surface area contributed by atoms with Crippen molar-refractivity contribution in [2.75, 3.05) is 53.4 Å². The van der Waals surface area contributed by atoms with Crippen LogP contribution in [0.2, 0.25) is 0 Å². The van der Waals surface area contributed by atoms with Crippen LogP contribution in [0.4, 0.5) is 0 Å². The number of piperazine rings is 2. The maximum atomic E-state index is 14.7. The molecule has 6 N–H and O–H groups in total. The van der Waals surface area contributed by atoms with Crippen molar-refractivity contribution in [1.82, 2.24) is 51.5 Å². The highest BCUT2D eigenvalue weighted by molar-refractivity contribution is 5.95. The molecule has 0 spiro atoms. The fourth-order valence-corrected chi connectivity index (χ4v) is 11.8. The topological polar surface area (TPSA) is 188 Å². The van der Waals surface area contributed by atoms with Crippen LogP contribution >= 0.6 is 0 Å². The number of amides is 6. The van der Waals surface area contributed by atoms with Gasteiger partial charge in [0.2, 0.25) is 35.4 Å². The number of fused-ring (bicyclic) bond motifs is 2. The SMILES string of the molecule is CN[C@@H](C)C(=O)N[C@H](C(=O)N1CCN(Cc2ccc(-c3ccc(CN4CCN(C(=O)[C@@H](NC(=O)[C@H](C)NC)C(C)(C)C)[C@H](C(=O)N[C@@H]5CCCc6ccccc65)C4)cc3)cc2)C[C@H]1C(=O)N[C@@H]1CCCc2ccccc21)C(C)(C)C. The van der Waals surface area contributed by atoms with Crippen LogP contribution in [-0.2, 0) is 54.7 Å². The van der Waals surface area contributed by atoms with Gasteiger partial charge in [0.25, 0.3) is 0 Å². The summed E-state index contributed by atoms with van der Waals surface area (Å²) in [5.41, 5.74) is 7.78. The van der Waals surface area contributed by atoms with E-state index in [-0.39, 0.29) is 47.5 Å². The third-order valence-corrected chi connectivity index (χ3v) is 17.0. The van der Waals surface area contributed by atoms with E-state index in [0.29, 0.717) is 52.4 Å². The van der Waals surface area contributed by atoms with Crippen molar-refractivity contribution in [3.8, 4) is 11.1 Å². The van der Waals surface area contributed by atoms with E-state index in [9.17, 15) is 28.8 Å². The lowest BCUT2D eigenvalue weighted by atomic mass is 9.85. The number of hydrogen-bond donors (Lipinski definition) is 6. The maximum absolute atomic E-state index is 14.7. The first-order valence-electron chi connectivity index (χ1n) is 29.1. The summed E-state index contributed by atoms with van der Waals surface area (Å²) in [6, 6.07) is 29.0. The quantitative estimate of drug-likeness (QED) is 0.0728. The van der Waals surface area contributed by atoms with Crippen LogP contribution in [0.15, 0.2) is 97.1 Å². The van der Waals surface area contributed by atoms with Gasteiger partial charge in [-0.1, -0.05) is 139 Å². The molecule has 0 saturated carbocycles. The van der Waals surface area contributed by atoms with Gasteiger partial charge in [-0.3, -0.25) is 38.6 Å². The van der Waals surface area contributed by atoms with E-state index in [0.717, 1.165) is 71.9 Å².